The third-order valence-electron chi connectivity index (χ3n) is 5.07. The molecule has 2 aliphatic rings. The van der Waals surface area contributed by atoms with E-state index in [1.165, 1.54) is 11.8 Å². The minimum Gasteiger partial charge on any atom is -0.747 e. The van der Waals surface area contributed by atoms with Crippen LogP contribution in [0.3, 0.4) is 0 Å². The van der Waals surface area contributed by atoms with E-state index in [9.17, 15) is 37.6 Å². The maximum Gasteiger partial charge on any atom is 0.352 e. The van der Waals surface area contributed by atoms with Crippen LogP contribution in [0, 0.1) is 0 Å². The van der Waals surface area contributed by atoms with Crippen LogP contribution >= 0.6 is 23.5 Å². The lowest BCUT2D eigenvalue weighted by atomic mass is 10.0. The second kappa shape index (κ2) is 9.94. The van der Waals surface area contributed by atoms with Gasteiger partial charge >= 0.3 is 5.97 Å². The van der Waals surface area contributed by atoms with Crippen LogP contribution in [0.25, 0.3) is 0 Å². The van der Waals surface area contributed by atoms with E-state index < -0.39 is 51.3 Å². The van der Waals surface area contributed by atoms with E-state index in [1.54, 1.807) is 30.3 Å². The smallest absolute Gasteiger partial charge is 0.352 e. The van der Waals surface area contributed by atoms with Crippen molar-refractivity contribution >= 4 is 51.4 Å². The number of carboxylic acid groups (broad SMARTS) is 1. The Balaban J connectivity index is 1.46. The summed E-state index contributed by atoms with van der Waals surface area (Å²) in [5.41, 5.74) is 0.448. The number of aliphatic hydroxyl groups excluding tert-OH is 1. The van der Waals surface area contributed by atoms with Gasteiger partial charge in [0, 0.05) is 11.5 Å². The molecule has 1 aromatic carbocycles. The Morgan fingerprint density at radius 1 is 1.31 bits per heavy atom. The molecule has 2 aliphatic heterocycles. The molecule has 3 N–H and O–H groups in total. The van der Waals surface area contributed by atoms with Crippen LogP contribution < -0.4 is 5.32 Å². The van der Waals surface area contributed by atoms with Gasteiger partial charge in [-0.25, -0.2) is 17.9 Å². The number of β-lactam (4-membered cyclic amide) rings is 1. The molecule has 0 aliphatic carbocycles. The maximum atomic E-state index is 12.8. The standard InChI is InChI=1S/C18H18N6O8S3/c25-13(9-4-2-1-3-5-9)14(26)19-11-15(27)24-12(17(28)29)10(6-33-16(11)24)7-34-18-20-21-22-23(18)8-35(30,31)32/h1-5,11,13,16,25H,6-8H2,(H,19,26)(H,28,29)(H,30,31,32)/p-1/t11-,13+,16+/m0/s1. The van der Waals surface area contributed by atoms with E-state index in [0.29, 0.717) is 11.1 Å². The highest BCUT2D eigenvalue weighted by molar-refractivity contribution is 8.01. The summed E-state index contributed by atoms with van der Waals surface area (Å²) in [6.07, 6.45) is -1.49. The molecule has 2 amide bonds. The lowest BCUT2D eigenvalue weighted by Gasteiger charge is -2.49. The molecule has 1 saturated heterocycles. The van der Waals surface area contributed by atoms with Gasteiger partial charge in [-0.3, -0.25) is 14.5 Å². The Morgan fingerprint density at radius 3 is 2.69 bits per heavy atom. The number of thioether (sulfide) groups is 2. The van der Waals surface area contributed by atoms with Crippen LogP contribution in [0.1, 0.15) is 11.7 Å². The number of carbonyl (C=O) groups is 3. The van der Waals surface area contributed by atoms with Gasteiger partial charge in [-0.2, -0.15) is 0 Å². The van der Waals surface area contributed by atoms with Gasteiger partial charge in [0.25, 0.3) is 11.8 Å². The molecule has 0 radical (unpaired) electrons. The number of carboxylic acids is 1. The summed E-state index contributed by atoms with van der Waals surface area (Å²) in [5.74, 6) is -3.55. The van der Waals surface area contributed by atoms with Crippen molar-refractivity contribution in [2.75, 3.05) is 11.5 Å². The van der Waals surface area contributed by atoms with Gasteiger partial charge in [0.05, 0.1) is 0 Å². The number of tetrazole rings is 1. The number of nitrogens with zero attached hydrogens (tertiary/aromatic N) is 5. The van der Waals surface area contributed by atoms with Gasteiger partial charge in [-0.1, -0.05) is 42.1 Å². The minimum atomic E-state index is -4.65. The molecule has 0 bridgehead atoms. The van der Waals surface area contributed by atoms with Crippen LogP contribution in [0.5, 0.6) is 0 Å². The number of aliphatic hydroxyl groups is 1. The molecule has 3 heterocycles. The van der Waals surface area contributed by atoms with E-state index in [1.807, 2.05) is 0 Å². The molecule has 1 fully saturated rings. The Kier molecular flexibility index (Phi) is 7.13. The van der Waals surface area contributed by atoms with E-state index in [2.05, 4.69) is 20.8 Å². The normalized spacial score (nSPS) is 20.7. The summed E-state index contributed by atoms with van der Waals surface area (Å²) >= 11 is 2.14. The SMILES string of the molecule is O=C(O)C1=C(CSc2nnnn2CS(=O)(=O)[O-])CS[C@@H]2[C@@H](NC(=O)[C@H](O)c3ccccc3)C(=O)N12. The molecule has 0 saturated carbocycles. The maximum absolute atomic E-state index is 12.8. The molecule has 35 heavy (non-hydrogen) atoms. The van der Waals surface area contributed by atoms with Crippen LogP contribution in [0.15, 0.2) is 46.8 Å². The third kappa shape index (κ3) is 5.32. The lowest BCUT2D eigenvalue weighted by molar-refractivity contribution is -0.151. The molecule has 1 aromatic heterocycles. The highest BCUT2D eigenvalue weighted by atomic mass is 32.2. The molecule has 0 spiro atoms. The average molecular weight is 542 g/mol. The first-order valence-corrected chi connectivity index (χ1v) is 13.4. The van der Waals surface area contributed by atoms with E-state index >= 15 is 0 Å². The van der Waals surface area contributed by atoms with E-state index in [0.717, 1.165) is 21.3 Å². The fraction of sp³-hybridized carbons (Fsp3) is 0.333. The van der Waals surface area contributed by atoms with Crippen molar-refractivity contribution in [3.05, 3.63) is 47.2 Å². The molecule has 186 valence electrons. The largest absolute Gasteiger partial charge is 0.747 e. The molecule has 0 unspecified atom stereocenters. The molecule has 17 heteroatoms. The van der Waals surface area contributed by atoms with Crippen LogP contribution in [0.2, 0.25) is 0 Å². The number of hydrogen-bond donors (Lipinski definition) is 3. The summed E-state index contributed by atoms with van der Waals surface area (Å²) in [6.45, 7) is 0. The predicted octanol–water partition coefficient (Wildman–Crippen LogP) is -1.26. The molecular weight excluding hydrogens is 524 g/mol. The molecule has 3 atom stereocenters. The first-order chi connectivity index (χ1) is 16.6. The Morgan fingerprint density at radius 2 is 2.03 bits per heavy atom. The number of benzene rings is 1. The van der Waals surface area contributed by atoms with Gasteiger partial charge in [0.15, 0.2) is 6.10 Å². The van der Waals surface area contributed by atoms with Crippen molar-refractivity contribution in [2.24, 2.45) is 0 Å². The summed E-state index contributed by atoms with van der Waals surface area (Å²) in [4.78, 5) is 38.3. The zero-order chi connectivity index (χ0) is 25.3. The van der Waals surface area contributed by atoms with Crippen molar-refractivity contribution in [3.8, 4) is 0 Å². The number of aliphatic carboxylic acids is 1. The lowest BCUT2D eigenvalue weighted by Crippen LogP contribution is -2.70. The third-order valence-corrected chi connectivity index (χ3v) is 8.01. The number of hydrogen-bond acceptors (Lipinski definition) is 12. The van der Waals surface area contributed by atoms with Crippen LogP contribution in [0.4, 0.5) is 0 Å². The number of rotatable bonds is 9. The molecule has 14 nitrogen and oxygen atoms in total. The van der Waals surface area contributed by atoms with Crippen molar-refractivity contribution in [1.82, 2.24) is 30.4 Å². The van der Waals surface area contributed by atoms with E-state index in [-0.39, 0.29) is 22.4 Å². The number of aromatic nitrogens is 4. The van der Waals surface area contributed by atoms with Crippen LogP contribution in [-0.2, 0) is 30.4 Å². The predicted molar refractivity (Wildman–Crippen MR) is 119 cm³/mol. The fourth-order valence-corrected chi connectivity index (χ4v) is 6.41. The topological polar surface area (TPSA) is 208 Å². The van der Waals surface area contributed by atoms with Crippen molar-refractivity contribution in [1.29, 1.82) is 0 Å². The summed E-state index contributed by atoms with van der Waals surface area (Å²) in [6, 6.07) is 7.14. The fourth-order valence-electron chi connectivity index (χ4n) is 3.50. The quantitative estimate of drug-likeness (QED) is 0.193. The van der Waals surface area contributed by atoms with Gasteiger partial charge in [0.1, 0.15) is 33.1 Å². The number of nitrogens with one attached hydrogen (secondary N) is 1. The molecule has 2 aromatic rings. The van der Waals surface area contributed by atoms with Gasteiger partial charge in [-0.05, 0) is 21.6 Å². The van der Waals surface area contributed by atoms with E-state index in [4.69, 9.17) is 0 Å². The molecule has 4 rings (SSSR count). The Hall–Kier alpha value is -2.99. The first kappa shape index (κ1) is 25.1. The highest BCUT2D eigenvalue weighted by Crippen LogP contribution is 2.41. The highest BCUT2D eigenvalue weighted by Gasteiger charge is 2.54. The second-order valence-corrected chi connectivity index (χ2v) is 10.8. The number of amides is 2. The van der Waals surface area contributed by atoms with Gasteiger partial charge in [0.2, 0.25) is 5.16 Å². The monoisotopic (exact) mass is 541 g/mol. The minimum absolute atomic E-state index is 0.00809. The van der Waals surface area contributed by atoms with Crippen LogP contribution in [-0.4, -0.2) is 89.0 Å². The average Bonchev–Trinajstić information content (AvgIpc) is 3.25. The van der Waals surface area contributed by atoms with Gasteiger partial charge < -0.3 is 20.1 Å². The van der Waals surface area contributed by atoms with Crippen molar-refractivity contribution < 1.29 is 37.6 Å². The number of carbonyl (C=O) groups excluding carboxylic acids is 2. The zero-order valence-electron chi connectivity index (χ0n) is 17.5. The zero-order valence-corrected chi connectivity index (χ0v) is 20.0. The second-order valence-electron chi connectivity index (χ2n) is 7.40. The Bertz CT molecular complexity index is 1300. The van der Waals surface area contributed by atoms with Crippen molar-refractivity contribution in [3.63, 3.8) is 0 Å². The Labute approximate surface area is 206 Å². The van der Waals surface area contributed by atoms with Crippen molar-refractivity contribution in [2.45, 2.75) is 28.6 Å². The van der Waals surface area contributed by atoms with Gasteiger partial charge in [-0.15, -0.1) is 16.9 Å². The molecular formula is C18H17N6O8S3-. The summed E-state index contributed by atoms with van der Waals surface area (Å²) in [7, 11) is -4.65. The first-order valence-electron chi connectivity index (χ1n) is 9.82. The number of fused-ring (bicyclic) bond motifs is 1. The summed E-state index contributed by atoms with van der Waals surface area (Å²) in [5, 5.41) is 32.2. The summed E-state index contributed by atoms with van der Waals surface area (Å²) < 4.78 is 33.8.